The van der Waals surface area contributed by atoms with Crippen LogP contribution >= 0.6 is 0 Å². The summed E-state index contributed by atoms with van der Waals surface area (Å²) < 4.78 is 53.8. The number of hydrogen-bond donors (Lipinski definition) is 1. The quantitative estimate of drug-likeness (QED) is 0.586. The minimum Gasteiger partial charge on any atom is -0.355 e. The van der Waals surface area contributed by atoms with Gasteiger partial charge in [0.25, 0.3) is 0 Å². The normalized spacial score (nSPS) is 15.0. The number of nitrogens with zero attached hydrogens (tertiary/aromatic N) is 5. The van der Waals surface area contributed by atoms with Gasteiger partial charge in [-0.2, -0.15) is 18.3 Å². The second-order valence-corrected chi connectivity index (χ2v) is 8.03. The van der Waals surface area contributed by atoms with E-state index in [0.29, 0.717) is 49.7 Å². The summed E-state index contributed by atoms with van der Waals surface area (Å²) in [4.78, 5) is 14.6. The fourth-order valence-electron chi connectivity index (χ4n) is 3.90. The van der Waals surface area contributed by atoms with Crippen molar-refractivity contribution in [2.75, 3.05) is 23.3 Å². The summed E-state index contributed by atoms with van der Waals surface area (Å²) in [6, 6.07) is 8.06. The summed E-state index contributed by atoms with van der Waals surface area (Å²) in [5.41, 5.74) is 0.346. The fourth-order valence-corrected chi connectivity index (χ4v) is 3.90. The van der Waals surface area contributed by atoms with E-state index in [2.05, 4.69) is 20.6 Å². The smallest absolute Gasteiger partial charge is 0.355 e. The molecule has 4 rings (SSSR count). The number of piperidine rings is 1. The Bertz CT molecular complexity index is 1150. The van der Waals surface area contributed by atoms with E-state index >= 15 is 0 Å². The van der Waals surface area contributed by atoms with Gasteiger partial charge in [0.2, 0.25) is 5.91 Å². The number of aromatic nitrogens is 4. The molecule has 174 valence electrons. The second-order valence-electron chi connectivity index (χ2n) is 8.03. The lowest BCUT2D eigenvalue weighted by molar-refractivity contribution is -0.140. The summed E-state index contributed by atoms with van der Waals surface area (Å²) in [5.74, 6) is -0.856. The van der Waals surface area contributed by atoms with Crippen LogP contribution in [0.3, 0.4) is 0 Å². The zero-order valence-corrected chi connectivity index (χ0v) is 18.0. The van der Waals surface area contributed by atoms with Gasteiger partial charge in [0, 0.05) is 30.4 Å². The minimum absolute atomic E-state index is 0.0817. The van der Waals surface area contributed by atoms with Crippen molar-refractivity contribution in [1.29, 1.82) is 0 Å². The first-order valence-electron chi connectivity index (χ1n) is 10.4. The van der Waals surface area contributed by atoms with Gasteiger partial charge in [-0.05, 0) is 63.1 Å². The predicted octanol–water partition coefficient (Wildman–Crippen LogP) is 4.29. The Morgan fingerprint density at radius 1 is 1.03 bits per heavy atom. The average Bonchev–Trinajstić information content (AvgIpc) is 3.12. The zero-order valence-electron chi connectivity index (χ0n) is 18.0. The summed E-state index contributed by atoms with van der Waals surface area (Å²) in [5, 5.41) is 15.4. The van der Waals surface area contributed by atoms with E-state index in [-0.39, 0.29) is 17.5 Å². The monoisotopic (exact) mass is 462 g/mol. The third-order valence-electron chi connectivity index (χ3n) is 5.59. The summed E-state index contributed by atoms with van der Waals surface area (Å²) in [6.45, 7) is 4.92. The van der Waals surface area contributed by atoms with Crippen LogP contribution in [0.4, 0.5) is 29.1 Å². The highest BCUT2D eigenvalue weighted by Gasteiger charge is 2.34. The Morgan fingerprint density at radius 3 is 2.27 bits per heavy atom. The molecule has 1 N–H and O–H groups in total. The molecular weight excluding hydrogens is 440 g/mol. The van der Waals surface area contributed by atoms with Crippen molar-refractivity contribution in [1.82, 2.24) is 20.0 Å². The first-order valence-corrected chi connectivity index (χ1v) is 10.4. The zero-order chi connectivity index (χ0) is 23.8. The number of amides is 1. The average molecular weight is 462 g/mol. The molecule has 0 aliphatic carbocycles. The molecule has 1 aliphatic heterocycles. The molecule has 0 unspecified atom stereocenters. The molecule has 2 aromatic heterocycles. The number of aryl methyl sites for hydroxylation is 2. The Kier molecular flexibility index (Phi) is 6.05. The summed E-state index contributed by atoms with van der Waals surface area (Å²) in [7, 11) is 0. The first-order chi connectivity index (χ1) is 15.6. The first kappa shape index (κ1) is 22.7. The minimum atomic E-state index is -4.83. The van der Waals surface area contributed by atoms with Gasteiger partial charge in [-0.25, -0.2) is 9.07 Å². The van der Waals surface area contributed by atoms with Gasteiger partial charge in [0.05, 0.1) is 11.3 Å². The molecule has 1 fully saturated rings. The van der Waals surface area contributed by atoms with Crippen molar-refractivity contribution in [3.8, 4) is 5.82 Å². The molecular formula is C22H22F4N6O. The van der Waals surface area contributed by atoms with Crippen LogP contribution in [0.15, 0.2) is 36.4 Å². The van der Waals surface area contributed by atoms with Crippen LogP contribution in [-0.4, -0.2) is 39.0 Å². The molecule has 0 atom stereocenters. The Labute approximate surface area is 187 Å². The van der Waals surface area contributed by atoms with Crippen molar-refractivity contribution in [2.24, 2.45) is 5.92 Å². The highest BCUT2D eigenvalue weighted by molar-refractivity contribution is 5.92. The van der Waals surface area contributed by atoms with Crippen molar-refractivity contribution in [3.05, 3.63) is 59.2 Å². The van der Waals surface area contributed by atoms with Gasteiger partial charge in [-0.15, -0.1) is 10.2 Å². The number of benzene rings is 1. The van der Waals surface area contributed by atoms with Crippen molar-refractivity contribution in [3.63, 3.8) is 0 Å². The third-order valence-corrected chi connectivity index (χ3v) is 5.59. The lowest BCUT2D eigenvalue weighted by atomic mass is 9.95. The van der Waals surface area contributed by atoms with Crippen molar-refractivity contribution >= 4 is 17.4 Å². The van der Waals surface area contributed by atoms with Crippen LogP contribution in [-0.2, 0) is 11.0 Å². The van der Waals surface area contributed by atoms with Crippen molar-refractivity contribution in [2.45, 2.75) is 32.9 Å². The third kappa shape index (κ3) is 4.96. The van der Waals surface area contributed by atoms with E-state index < -0.39 is 17.6 Å². The van der Waals surface area contributed by atoms with Crippen molar-refractivity contribution < 1.29 is 22.4 Å². The largest absolute Gasteiger partial charge is 0.419 e. The highest BCUT2D eigenvalue weighted by atomic mass is 19.4. The standard InChI is InChI=1S/C22H22F4N6O/c1-13-11-14(2)32(30-13)20-6-5-19(28-29-20)31-9-7-15(8-10-31)21(33)27-16-3-4-18(23)17(12-16)22(24,25)26/h3-6,11-12,15H,7-10H2,1-2H3,(H,27,33). The number of halogens is 4. The molecule has 0 radical (unpaired) electrons. The van der Waals surface area contributed by atoms with Gasteiger partial charge in [-0.1, -0.05) is 0 Å². The van der Waals surface area contributed by atoms with Crippen LogP contribution in [0.5, 0.6) is 0 Å². The number of rotatable bonds is 4. The van der Waals surface area contributed by atoms with E-state index in [1.807, 2.05) is 36.9 Å². The van der Waals surface area contributed by atoms with Crippen LogP contribution in [0, 0.1) is 25.6 Å². The van der Waals surface area contributed by atoms with E-state index in [4.69, 9.17) is 0 Å². The molecule has 0 bridgehead atoms. The van der Waals surface area contributed by atoms with Gasteiger partial charge >= 0.3 is 6.18 Å². The molecule has 1 aromatic carbocycles. The van der Waals surface area contributed by atoms with E-state index in [1.165, 1.54) is 0 Å². The molecule has 33 heavy (non-hydrogen) atoms. The molecule has 7 nitrogen and oxygen atoms in total. The number of carbonyl (C=O) groups is 1. The Hall–Kier alpha value is -3.50. The highest BCUT2D eigenvalue weighted by Crippen LogP contribution is 2.33. The molecule has 1 amide bonds. The molecule has 1 saturated heterocycles. The van der Waals surface area contributed by atoms with Gasteiger partial charge in [-0.3, -0.25) is 4.79 Å². The molecule has 11 heteroatoms. The van der Waals surface area contributed by atoms with Crippen LogP contribution in [0.25, 0.3) is 5.82 Å². The van der Waals surface area contributed by atoms with Gasteiger partial charge in [0.1, 0.15) is 5.82 Å². The van der Waals surface area contributed by atoms with Gasteiger partial charge < -0.3 is 10.2 Å². The maximum absolute atomic E-state index is 13.5. The lowest BCUT2D eigenvalue weighted by Gasteiger charge is -2.31. The second kappa shape index (κ2) is 8.80. The van der Waals surface area contributed by atoms with E-state index in [1.54, 1.807) is 4.68 Å². The van der Waals surface area contributed by atoms with Crippen LogP contribution in [0.1, 0.15) is 29.8 Å². The molecule has 1 aliphatic rings. The Balaban J connectivity index is 1.36. The number of carbonyl (C=O) groups excluding carboxylic acids is 1. The van der Waals surface area contributed by atoms with E-state index in [9.17, 15) is 22.4 Å². The molecule has 3 aromatic rings. The fraction of sp³-hybridized carbons (Fsp3) is 0.364. The molecule has 0 saturated carbocycles. The lowest BCUT2D eigenvalue weighted by Crippen LogP contribution is -2.38. The molecule has 3 heterocycles. The summed E-state index contributed by atoms with van der Waals surface area (Å²) >= 11 is 0. The maximum Gasteiger partial charge on any atom is 0.419 e. The van der Waals surface area contributed by atoms with Gasteiger partial charge in [0.15, 0.2) is 11.6 Å². The summed E-state index contributed by atoms with van der Waals surface area (Å²) in [6.07, 6.45) is -3.83. The van der Waals surface area contributed by atoms with E-state index in [0.717, 1.165) is 17.5 Å². The number of alkyl halides is 3. The molecule has 0 spiro atoms. The predicted molar refractivity (Wildman–Crippen MR) is 114 cm³/mol. The maximum atomic E-state index is 13.5. The number of hydrogen-bond acceptors (Lipinski definition) is 5. The number of nitrogens with one attached hydrogen (secondary N) is 1. The Morgan fingerprint density at radius 2 is 1.70 bits per heavy atom. The SMILES string of the molecule is Cc1cc(C)n(-c2ccc(N3CCC(C(=O)Nc4ccc(F)c(C(F)(F)F)c4)CC3)nn2)n1. The topological polar surface area (TPSA) is 75.9 Å². The van der Waals surface area contributed by atoms with Crippen LogP contribution < -0.4 is 10.2 Å². The van der Waals surface area contributed by atoms with Crippen LogP contribution in [0.2, 0.25) is 0 Å². The number of anilines is 2.